The summed E-state index contributed by atoms with van der Waals surface area (Å²) in [6, 6.07) is 11.1. The number of sulfone groups is 1. The van der Waals surface area contributed by atoms with Crippen molar-refractivity contribution in [2.45, 2.75) is 56.3 Å². The monoisotopic (exact) mass is 417 g/mol. The van der Waals surface area contributed by atoms with Gasteiger partial charge in [-0.1, -0.05) is 56.0 Å². The molecule has 0 amide bonds. The van der Waals surface area contributed by atoms with Crippen LogP contribution in [-0.2, 0) is 14.6 Å². The second-order valence-electron chi connectivity index (χ2n) is 7.49. The highest BCUT2D eigenvalue weighted by atomic mass is 32.2. The molecule has 0 saturated heterocycles. The van der Waals surface area contributed by atoms with Crippen molar-refractivity contribution in [3.05, 3.63) is 47.9 Å². The van der Waals surface area contributed by atoms with Gasteiger partial charge in [-0.3, -0.25) is 4.79 Å². The van der Waals surface area contributed by atoms with Gasteiger partial charge >= 0.3 is 5.97 Å². The SMILES string of the molecule is CN(C)c1cccc2c(S(=O)(=O)/C=C/CCCCCCCCC(=O)O)cccc12. The Labute approximate surface area is 174 Å². The highest BCUT2D eigenvalue weighted by Crippen LogP contribution is 2.31. The molecule has 2 rings (SSSR count). The van der Waals surface area contributed by atoms with E-state index < -0.39 is 15.8 Å². The van der Waals surface area contributed by atoms with Gasteiger partial charge in [-0.05, 0) is 31.4 Å². The number of aliphatic carboxylic acids is 1. The molecule has 0 aliphatic rings. The highest BCUT2D eigenvalue weighted by Gasteiger charge is 2.15. The molecule has 0 unspecified atom stereocenters. The largest absolute Gasteiger partial charge is 0.481 e. The molecule has 0 radical (unpaired) electrons. The van der Waals surface area contributed by atoms with Crippen LogP contribution in [0.2, 0.25) is 0 Å². The van der Waals surface area contributed by atoms with E-state index in [0.29, 0.717) is 4.90 Å². The van der Waals surface area contributed by atoms with E-state index >= 15 is 0 Å². The van der Waals surface area contributed by atoms with Crippen LogP contribution in [0, 0.1) is 0 Å². The number of unbranched alkanes of at least 4 members (excludes halogenated alkanes) is 6. The van der Waals surface area contributed by atoms with Crippen LogP contribution in [0.15, 0.2) is 52.8 Å². The highest BCUT2D eigenvalue weighted by molar-refractivity contribution is 7.94. The third kappa shape index (κ3) is 6.89. The smallest absolute Gasteiger partial charge is 0.303 e. The van der Waals surface area contributed by atoms with Crippen molar-refractivity contribution in [1.82, 2.24) is 0 Å². The third-order valence-electron chi connectivity index (χ3n) is 4.93. The molecular weight excluding hydrogens is 386 g/mol. The number of nitrogens with zero attached hydrogens (tertiary/aromatic N) is 1. The lowest BCUT2D eigenvalue weighted by molar-refractivity contribution is -0.137. The number of benzene rings is 2. The van der Waals surface area contributed by atoms with Crippen molar-refractivity contribution in [2.24, 2.45) is 0 Å². The Morgan fingerprint density at radius 2 is 1.55 bits per heavy atom. The topological polar surface area (TPSA) is 74.7 Å². The second kappa shape index (κ2) is 11.0. The van der Waals surface area contributed by atoms with Crippen LogP contribution in [0.3, 0.4) is 0 Å². The number of carbonyl (C=O) groups is 1. The molecule has 0 heterocycles. The fourth-order valence-electron chi connectivity index (χ4n) is 3.42. The second-order valence-corrected chi connectivity index (χ2v) is 9.30. The summed E-state index contributed by atoms with van der Waals surface area (Å²) in [5, 5.41) is 11.6. The predicted octanol–water partition coefficient (Wildman–Crippen LogP) is 5.40. The van der Waals surface area contributed by atoms with Gasteiger partial charge < -0.3 is 10.0 Å². The number of allylic oxidation sites excluding steroid dienone is 1. The Kier molecular flexibility index (Phi) is 8.70. The summed E-state index contributed by atoms with van der Waals surface area (Å²) in [6.45, 7) is 0. The van der Waals surface area contributed by atoms with Crippen LogP contribution in [0.1, 0.15) is 51.4 Å². The molecular formula is C23H31NO4S. The van der Waals surface area contributed by atoms with Crippen molar-refractivity contribution in [3.63, 3.8) is 0 Å². The van der Waals surface area contributed by atoms with Crippen LogP contribution < -0.4 is 4.90 Å². The van der Waals surface area contributed by atoms with E-state index in [9.17, 15) is 13.2 Å². The minimum absolute atomic E-state index is 0.241. The van der Waals surface area contributed by atoms with E-state index in [2.05, 4.69) is 0 Å². The number of anilines is 1. The Hall–Kier alpha value is -2.34. The Morgan fingerprint density at radius 1 is 0.931 bits per heavy atom. The summed E-state index contributed by atoms with van der Waals surface area (Å²) >= 11 is 0. The van der Waals surface area contributed by atoms with Crippen LogP contribution >= 0.6 is 0 Å². The molecule has 0 atom stereocenters. The van der Waals surface area contributed by atoms with Gasteiger partial charge in [0.05, 0.1) is 4.90 Å². The standard InChI is InChI=1S/C23H31NO4S/c1-24(2)21-15-11-14-20-19(21)13-12-16-22(20)29(27,28)18-10-8-6-4-3-5-7-9-17-23(25)26/h10-16,18H,3-9,17H2,1-2H3,(H,25,26)/b18-10+. The summed E-state index contributed by atoms with van der Waals surface area (Å²) in [6.07, 6.45) is 8.42. The lowest BCUT2D eigenvalue weighted by atomic mass is 10.1. The number of hydrogen-bond donors (Lipinski definition) is 1. The van der Waals surface area contributed by atoms with Crippen molar-refractivity contribution in [3.8, 4) is 0 Å². The molecule has 0 aromatic heterocycles. The Balaban J connectivity index is 1.91. The summed E-state index contributed by atoms with van der Waals surface area (Å²) in [7, 11) is 0.396. The van der Waals surface area contributed by atoms with Gasteiger partial charge in [0, 0.05) is 42.4 Å². The molecule has 29 heavy (non-hydrogen) atoms. The maximum atomic E-state index is 12.8. The normalized spacial score (nSPS) is 11.9. The first kappa shape index (κ1) is 22.9. The molecule has 6 heteroatoms. The van der Waals surface area contributed by atoms with Gasteiger partial charge in [-0.25, -0.2) is 8.42 Å². The van der Waals surface area contributed by atoms with Crippen LogP contribution in [0.4, 0.5) is 5.69 Å². The van der Waals surface area contributed by atoms with Gasteiger partial charge in [0.25, 0.3) is 0 Å². The van der Waals surface area contributed by atoms with E-state index in [-0.39, 0.29) is 6.42 Å². The number of carboxylic acids is 1. The van der Waals surface area contributed by atoms with Gasteiger partial charge in [0.2, 0.25) is 0 Å². The fraction of sp³-hybridized carbons (Fsp3) is 0.435. The van der Waals surface area contributed by atoms with E-state index in [0.717, 1.165) is 61.4 Å². The average Bonchev–Trinajstić information content (AvgIpc) is 2.68. The first-order valence-corrected chi connectivity index (χ1v) is 11.7. The molecule has 0 bridgehead atoms. The van der Waals surface area contributed by atoms with Crippen LogP contribution in [0.5, 0.6) is 0 Å². The average molecular weight is 418 g/mol. The molecule has 0 fully saturated rings. The van der Waals surface area contributed by atoms with Crippen LogP contribution in [-0.4, -0.2) is 33.6 Å². The van der Waals surface area contributed by atoms with Gasteiger partial charge in [-0.2, -0.15) is 0 Å². The van der Waals surface area contributed by atoms with E-state index in [1.807, 2.05) is 43.3 Å². The zero-order valence-corrected chi connectivity index (χ0v) is 18.1. The summed E-state index contributed by atoms with van der Waals surface area (Å²) in [4.78, 5) is 12.8. The quantitative estimate of drug-likeness (QED) is 0.468. The number of rotatable bonds is 12. The van der Waals surface area contributed by atoms with Crippen LogP contribution in [0.25, 0.3) is 10.8 Å². The van der Waals surface area contributed by atoms with Crippen molar-refractivity contribution >= 4 is 32.3 Å². The zero-order valence-electron chi connectivity index (χ0n) is 17.3. The Morgan fingerprint density at radius 3 is 2.24 bits per heavy atom. The molecule has 158 valence electrons. The lowest BCUT2D eigenvalue weighted by Crippen LogP contribution is -2.09. The summed E-state index contributed by atoms with van der Waals surface area (Å²) in [5.74, 6) is -0.736. The first-order valence-electron chi connectivity index (χ1n) is 10.2. The maximum Gasteiger partial charge on any atom is 0.303 e. The van der Waals surface area contributed by atoms with Crippen molar-refractivity contribution in [1.29, 1.82) is 0 Å². The molecule has 0 aliphatic heterocycles. The van der Waals surface area contributed by atoms with E-state index in [4.69, 9.17) is 5.11 Å². The number of carboxylic acid groups (broad SMARTS) is 1. The summed E-state index contributed by atoms with van der Waals surface area (Å²) < 4.78 is 25.7. The maximum absolute atomic E-state index is 12.8. The number of hydrogen-bond acceptors (Lipinski definition) is 4. The van der Waals surface area contributed by atoms with Gasteiger partial charge in [0.1, 0.15) is 0 Å². The minimum Gasteiger partial charge on any atom is -0.481 e. The fourth-order valence-corrected chi connectivity index (χ4v) is 4.70. The van der Waals surface area contributed by atoms with Crippen molar-refractivity contribution < 1.29 is 18.3 Å². The molecule has 1 N–H and O–H groups in total. The van der Waals surface area contributed by atoms with Gasteiger partial charge in [-0.15, -0.1) is 0 Å². The molecule has 2 aromatic rings. The first-order chi connectivity index (χ1) is 13.8. The molecule has 0 aliphatic carbocycles. The van der Waals surface area contributed by atoms with E-state index in [1.165, 1.54) is 5.41 Å². The minimum atomic E-state index is -3.50. The molecule has 5 nitrogen and oxygen atoms in total. The zero-order chi connectivity index (χ0) is 21.3. The predicted molar refractivity (Wildman–Crippen MR) is 119 cm³/mol. The third-order valence-corrected chi connectivity index (χ3v) is 6.45. The van der Waals surface area contributed by atoms with E-state index in [1.54, 1.807) is 18.2 Å². The molecule has 2 aromatic carbocycles. The summed E-state index contributed by atoms with van der Waals surface area (Å²) in [5.41, 5.74) is 0.992. The lowest BCUT2D eigenvalue weighted by Gasteiger charge is -2.16. The van der Waals surface area contributed by atoms with Crippen molar-refractivity contribution in [2.75, 3.05) is 19.0 Å². The molecule has 0 spiro atoms. The molecule has 0 saturated carbocycles. The Bertz CT molecular complexity index is 949. The van der Waals surface area contributed by atoms with Gasteiger partial charge in [0.15, 0.2) is 9.84 Å². The number of fused-ring (bicyclic) bond motifs is 1.